The van der Waals surface area contributed by atoms with E-state index in [4.69, 9.17) is 0 Å². The van der Waals surface area contributed by atoms with Gasteiger partial charge in [-0.2, -0.15) is 0 Å². The zero-order valence-corrected chi connectivity index (χ0v) is 10.7. The lowest BCUT2D eigenvalue weighted by Gasteiger charge is -2.15. The maximum atomic E-state index is 4.56. The quantitative estimate of drug-likeness (QED) is 0.877. The molecule has 2 atom stereocenters. The molecular formula is C11H16N2S2. The predicted octanol–water partition coefficient (Wildman–Crippen LogP) is 3.28. The summed E-state index contributed by atoms with van der Waals surface area (Å²) in [6, 6.07) is 5.20. The average Bonchev–Trinajstić information content (AvgIpc) is 2.85. The predicted molar refractivity (Wildman–Crippen MR) is 69.8 cm³/mol. The van der Waals surface area contributed by atoms with Crippen LogP contribution in [0.3, 0.4) is 0 Å². The normalized spacial score (nSPS) is 22.5. The van der Waals surface area contributed by atoms with Crippen molar-refractivity contribution in [2.45, 2.75) is 32.4 Å². The van der Waals surface area contributed by atoms with Crippen LogP contribution >= 0.6 is 23.1 Å². The Morgan fingerprint density at radius 1 is 1.67 bits per heavy atom. The number of hydrogen-bond acceptors (Lipinski definition) is 4. The molecule has 1 aliphatic heterocycles. The van der Waals surface area contributed by atoms with Gasteiger partial charge < -0.3 is 5.32 Å². The number of nitrogens with zero attached hydrogens (tertiary/aromatic N) is 1. The van der Waals surface area contributed by atoms with Gasteiger partial charge in [0, 0.05) is 10.6 Å². The number of amidine groups is 1. The molecule has 1 aromatic rings. The molecule has 0 aromatic carbocycles. The van der Waals surface area contributed by atoms with E-state index in [9.17, 15) is 0 Å². The second-order valence-corrected chi connectivity index (χ2v) is 5.70. The van der Waals surface area contributed by atoms with E-state index in [2.05, 4.69) is 41.7 Å². The van der Waals surface area contributed by atoms with Gasteiger partial charge in [0.25, 0.3) is 0 Å². The third-order valence-electron chi connectivity index (χ3n) is 2.39. The fraction of sp³-hybridized carbons (Fsp3) is 0.545. The molecule has 4 heteroatoms. The first kappa shape index (κ1) is 11.0. The Morgan fingerprint density at radius 2 is 2.53 bits per heavy atom. The standard InChI is InChI=1S/C11H16N2S2/c1-3-9(10-5-4-6-14-10)13-11-12-8(2)7-15-11/h4-6,8-9H,3,7H2,1-2H3,(H,12,13). The summed E-state index contributed by atoms with van der Waals surface area (Å²) in [7, 11) is 0. The molecule has 0 amide bonds. The summed E-state index contributed by atoms with van der Waals surface area (Å²) in [5.74, 6) is 1.11. The third-order valence-corrected chi connectivity index (χ3v) is 4.52. The zero-order chi connectivity index (χ0) is 10.7. The van der Waals surface area contributed by atoms with E-state index in [1.54, 1.807) is 0 Å². The van der Waals surface area contributed by atoms with Gasteiger partial charge in [0.15, 0.2) is 5.17 Å². The maximum absolute atomic E-state index is 4.56. The molecule has 82 valence electrons. The molecule has 0 radical (unpaired) electrons. The summed E-state index contributed by atoms with van der Waals surface area (Å²) in [6.07, 6.45) is 1.11. The van der Waals surface area contributed by atoms with Crippen molar-refractivity contribution in [2.24, 2.45) is 4.99 Å². The van der Waals surface area contributed by atoms with Gasteiger partial charge in [-0.25, -0.2) is 0 Å². The topological polar surface area (TPSA) is 24.4 Å². The SMILES string of the molecule is CCC(NC1=NC(C)CS1)c1cccs1. The van der Waals surface area contributed by atoms with Crippen molar-refractivity contribution < 1.29 is 0 Å². The molecule has 2 heterocycles. The first-order valence-electron chi connectivity index (χ1n) is 5.30. The van der Waals surface area contributed by atoms with E-state index in [0.717, 1.165) is 17.3 Å². The molecule has 15 heavy (non-hydrogen) atoms. The second kappa shape index (κ2) is 5.03. The van der Waals surface area contributed by atoms with Crippen molar-refractivity contribution in [3.05, 3.63) is 22.4 Å². The minimum absolute atomic E-state index is 0.432. The Balaban J connectivity index is 2.00. The Morgan fingerprint density at radius 3 is 3.07 bits per heavy atom. The molecule has 1 N–H and O–H groups in total. The molecule has 2 unspecified atom stereocenters. The summed E-state index contributed by atoms with van der Waals surface area (Å²) in [5, 5.41) is 6.77. The van der Waals surface area contributed by atoms with Crippen LogP contribution in [0.2, 0.25) is 0 Å². The fourth-order valence-electron chi connectivity index (χ4n) is 1.57. The van der Waals surface area contributed by atoms with Crippen LogP contribution < -0.4 is 5.32 Å². The Bertz CT molecular complexity index is 332. The first-order chi connectivity index (χ1) is 7.29. The van der Waals surface area contributed by atoms with Crippen molar-refractivity contribution in [2.75, 3.05) is 5.75 Å². The summed E-state index contributed by atoms with van der Waals surface area (Å²) >= 11 is 3.65. The largest absolute Gasteiger partial charge is 0.357 e. The van der Waals surface area contributed by atoms with Crippen LogP contribution in [0.4, 0.5) is 0 Å². The second-order valence-electron chi connectivity index (χ2n) is 3.71. The fourth-order valence-corrected chi connectivity index (χ4v) is 3.38. The summed E-state index contributed by atoms with van der Waals surface area (Å²) in [5.41, 5.74) is 0. The summed E-state index contributed by atoms with van der Waals surface area (Å²) in [4.78, 5) is 5.96. The van der Waals surface area contributed by atoms with Gasteiger partial charge in [0.1, 0.15) is 0 Å². The molecular weight excluding hydrogens is 224 g/mol. The smallest absolute Gasteiger partial charge is 0.157 e. The minimum atomic E-state index is 0.432. The van der Waals surface area contributed by atoms with Crippen molar-refractivity contribution >= 4 is 28.3 Å². The molecule has 0 fully saturated rings. The van der Waals surface area contributed by atoms with Gasteiger partial charge in [0.05, 0.1) is 12.1 Å². The molecule has 0 aliphatic carbocycles. The van der Waals surface area contributed by atoms with Crippen LogP contribution in [-0.4, -0.2) is 17.0 Å². The van der Waals surface area contributed by atoms with Crippen LogP contribution in [0.1, 0.15) is 31.2 Å². The van der Waals surface area contributed by atoms with Crippen LogP contribution in [0.25, 0.3) is 0 Å². The molecule has 0 saturated heterocycles. The monoisotopic (exact) mass is 240 g/mol. The Kier molecular flexibility index (Phi) is 3.70. The number of nitrogens with one attached hydrogen (secondary N) is 1. The van der Waals surface area contributed by atoms with Crippen molar-refractivity contribution in [3.8, 4) is 0 Å². The summed E-state index contributed by atoms with van der Waals surface area (Å²) in [6.45, 7) is 4.37. The maximum Gasteiger partial charge on any atom is 0.157 e. The van der Waals surface area contributed by atoms with Crippen molar-refractivity contribution in [3.63, 3.8) is 0 Å². The number of rotatable bonds is 3. The third kappa shape index (κ3) is 2.75. The first-order valence-corrected chi connectivity index (χ1v) is 7.16. The lowest BCUT2D eigenvalue weighted by molar-refractivity contribution is 0.639. The van der Waals surface area contributed by atoms with Gasteiger partial charge in [-0.3, -0.25) is 4.99 Å². The van der Waals surface area contributed by atoms with E-state index in [1.807, 2.05) is 23.1 Å². The van der Waals surface area contributed by atoms with E-state index >= 15 is 0 Å². The van der Waals surface area contributed by atoms with Gasteiger partial charge >= 0.3 is 0 Å². The highest BCUT2D eigenvalue weighted by molar-refractivity contribution is 8.14. The highest BCUT2D eigenvalue weighted by atomic mass is 32.2. The highest BCUT2D eigenvalue weighted by Gasteiger charge is 2.17. The number of thiophene rings is 1. The van der Waals surface area contributed by atoms with Gasteiger partial charge in [-0.05, 0) is 24.8 Å². The van der Waals surface area contributed by atoms with Crippen molar-refractivity contribution in [1.29, 1.82) is 0 Å². The number of aliphatic imine (C=N–C) groups is 1. The summed E-state index contributed by atoms with van der Waals surface area (Å²) < 4.78 is 0. The van der Waals surface area contributed by atoms with Crippen molar-refractivity contribution in [1.82, 2.24) is 5.32 Å². The number of hydrogen-bond donors (Lipinski definition) is 1. The number of thioether (sulfide) groups is 1. The lowest BCUT2D eigenvalue weighted by Crippen LogP contribution is -2.24. The molecule has 0 spiro atoms. The highest BCUT2D eigenvalue weighted by Crippen LogP contribution is 2.24. The van der Waals surface area contributed by atoms with Gasteiger partial charge in [0.2, 0.25) is 0 Å². The zero-order valence-electron chi connectivity index (χ0n) is 9.06. The molecule has 1 aliphatic rings. The Labute approximate surface area is 99.2 Å². The lowest BCUT2D eigenvalue weighted by atomic mass is 10.2. The van der Waals surface area contributed by atoms with E-state index in [0.29, 0.717) is 12.1 Å². The van der Waals surface area contributed by atoms with E-state index in [1.165, 1.54) is 4.88 Å². The van der Waals surface area contributed by atoms with E-state index < -0.39 is 0 Å². The minimum Gasteiger partial charge on any atom is -0.357 e. The van der Waals surface area contributed by atoms with Crippen LogP contribution in [0, 0.1) is 0 Å². The molecule has 2 rings (SSSR count). The van der Waals surface area contributed by atoms with Crippen LogP contribution in [0.5, 0.6) is 0 Å². The molecule has 0 bridgehead atoms. The molecule has 2 nitrogen and oxygen atoms in total. The molecule has 1 aromatic heterocycles. The van der Waals surface area contributed by atoms with E-state index in [-0.39, 0.29) is 0 Å². The molecule has 0 saturated carbocycles. The van der Waals surface area contributed by atoms with Gasteiger partial charge in [-0.1, -0.05) is 24.8 Å². The average molecular weight is 240 g/mol. The van der Waals surface area contributed by atoms with Gasteiger partial charge in [-0.15, -0.1) is 11.3 Å². The van der Waals surface area contributed by atoms with Crippen LogP contribution in [0.15, 0.2) is 22.5 Å². The Hall–Kier alpha value is -0.480. The van der Waals surface area contributed by atoms with Crippen LogP contribution in [-0.2, 0) is 0 Å².